The van der Waals surface area contributed by atoms with Gasteiger partial charge in [0.15, 0.2) is 12.5 Å². The summed E-state index contributed by atoms with van der Waals surface area (Å²) >= 11 is 0. The molecule has 0 aromatic carbocycles. The molecule has 3 rings (SSSR count). The van der Waals surface area contributed by atoms with E-state index in [1.165, 1.54) is 12.7 Å². The predicted molar refractivity (Wildman–Crippen MR) is 60.9 cm³/mol. The zero-order chi connectivity index (χ0) is 12.7. The number of nitrogens with one attached hydrogen (secondary N) is 1. The van der Waals surface area contributed by atoms with Crippen LogP contribution in [0.1, 0.15) is 24.6 Å². The first-order valence-electron chi connectivity index (χ1n) is 5.68. The van der Waals surface area contributed by atoms with Crippen molar-refractivity contribution in [2.45, 2.75) is 31.1 Å². The first-order chi connectivity index (χ1) is 8.70. The maximum Gasteiger partial charge on any atom is 0.193 e. The summed E-state index contributed by atoms with van der Waals surface area (Å²) in [5.74, 6) is 0.542. The highest BCUT2D eigenvalue weighted by Gasteiger charge is 2.37. The molecule has 0 radical (unpaired) electrons. The summed E-state index contributed by atoms with van der Waals surface area (Å²) in [7, 11) is 0. The third kappa shape index (κ3) is 1.70. The molecule has 2 aliphatic rings. The van der Waals surface area contributed by atoms with E-state index in [9.17, 15) is 10.2 Å². The summed E-state index contributed by atoms with van der Waals surface area (Å²) in [5, 5.41) is 31.5. The van der Waals surface area contributed by atoms with E-state index in [1.54, 1.807) is 4.57 Å². The van der Waals surface area contributed by atoms with Crippen molar-refractivity contribution in [3.8, 4) is 0 Å². The van der Waals surface area contributed by atoms with Crippen molar-refractivity contribution in [1.29, 1.82) is 0 Å². The molecule has 98 valence electrons. The Bertz CT molecular complexity index is 474. The van der Waals surface area contributed by atoms with E-state index < -0.39 is 18.6 Å². The van der Waals surface area contributed by atoms with E-state index in [0.29, 0.717) is 17.9 Å². The number of anilines is 1. The Balaban J connectivity index is 1.90. The van der Waals surface area contributed by atoms with E-state index in [-0.39, 0.29) is 12.7 Å². The van der Waals surface area contributed by atoms with Crippen molar-refractivity contribution in [1.82, 2.24) is 9.55 Å². The molecule has 1 saturated heterocycles. The zero-order valence-electron chi connectivity index (χ0n) is 9.47. The van der Waals surface area contributed by atoms with Crippen molar-refractivity contribution < 1.29 is 20.1 Å². The monoisotopic (exact) mass is 254 g/mol. The van der Waals surface area contributed by atoms with Crippen LogP contribution in [0.5, 0.6) is 0 Å². The minimum Gasteiger partial charge on any atom is -0.394 e. The van der Waals surface area contributed by atoms with Gasteiger partial charge in [-0.3, -0.25) is 4.57 Å². The van der Waals surface area contributed by atoms with Gasteiger partial charge < -0.3 is 25.4 Å². The first kappa shape index (κ1) is 11.6. The highest BCUT2D eigenvalue weighted by molar-refractivity contribution is 5.77. The number of hydrogen-bond acceptors (Lipinski definition) is 7. The van der Waals surface area contributed by atoms with Crippen molar-refractivity contribution in [2.24, 2.45) is 4.99 Å². The van der Waals surface area contributed by atoms with Crippen LogP contribution in [0.2, 0.25) is 0 Å². The predicted octanol–water partition coefficient (Wildman–Crippen LogP) is -1.03. The summed E-state index contributed by atoms with van der Waals surface area (Å²) in [6.45, 7) is -0.137. The fourth-order valence-corrected chi connectivity index (χ4v) is 2.24. The Morgan fingerprint density at radius 1 is 1.50 bits per heavy atom. The van der Waals surface area contributed by atoms with Gasteiger partial charge >= 0.3 is 0 Å². The molecular weight excluding hydrogens is 240 g/mol. The van der Waals surface area contributed by atoms with Crippen LogP contribution in [-0.2, 0) is 4.74 Å². The summed E-state index contributed by atoms with van der Waals surface area (Å²) < 4.78 is 7.13. The molecular formula is C10H14N4O4. The molecule has 4 atom stereocenters. The van der Waals surface area contributed by atoms with Crippen molar-refractivity contribution in [3.05, 3.63) is 12.0 Å². The second-order valence-electron chi connectivity index (χ2n) is 4.32. The average molecular weight is 254 g/mol. The van der Waals surface area contributed by atoms with Crippen LogP contribution in [0.4, 0.5) is 5.82 Å². The minimum absolute atomic E-state index is 0.137. The summed E-state index contributed by atoms with van der Waals surface area (Å²) in [6.07, 6.45) is 0.479. The molecule has 1 aromatic rings. The Labute approximate surface area is 103 Å². The third-order valence-corrected chi connectivity index (χ3v) is 3.13. The van der Waals surface area contributed by atoms with Crippen molar-refractivity contribution in [2.75, 3.05) is 11.9 Å². The normalized spacial score (nSPS) is 34.4. The largest absolute Gasteiger partial charge is 0.394 e. The molecule has 0 aliphatic carbocycles. The lowest BCUT2D eigenvalue weighted by Gasteiger charge is -2.21. The van der Waals surface area contributed by atoms with E-state index in [0.717, 1.165) is 0 Å². The van der Waals surface area contributed by atoms with Gasteiger partial charge in [-0.2, -0.15) is 0 Å². The molecule has 8 nitrogen and oxygen atoms in total. The topological polar surface area (TPSA) is 112 Å². The number of aliphatic imine (C=N–C) groups is 1. The summed E-state index contributed by atoms with van der Waals surface area (Å²) in [6, 6.07) is 0. The second-order valence-corrected chi connectivity index (χ2v) is 4.32. The van der Waals surface area contributed by atoms with Gasteiger partial charge in [0.2, 0.25) is 0 Å². The maximum atomic E-state index is 9.92. The van der Waals surface area contributed by atoms with Crippen molar-refractivity contribution in [3.63, 3.8) is 0 Å². The number of aliphatic hydroxyl groups is 3. The average Bonchev–Trinajstić information content (AvgIpc) is 2.93. The molecule has 8 heteroatoms. The maximum absolute atomic E-state index is 9.92. The van der Waals surface area contributed by atoms with Gasteiger partial charge in [-0.25, -0.2) is 9.98 Å². The van der Waals surface area contributed by atoms with Gasteiger partial charge in [-0.05, 0) is 0 Å². The summed E-state index contributed by atoms with van der Waals surface area (Å²) in [5.41, 5.74) is 0.390. The second kappa shape index (κ2) is 4.32. The first-order valence-corrected chi connectivity index (χ1v) is 5.68. The van der Waals surface area contributed by atoms with Gasteiger partial charge in [0.05, 0.1) is 25.4 Å². The molecule has 0 amide bonds. The van der Waals surface area contributed by atoms with Gasteiger partial charge in [0.25, 0.3) is 0 Å². The van der Waals surface area contributed by atoms with Crippen LogP contribution in [0.25, 0.3) is 0 Å². The van der Waals surface area contributed by atoms with Crippen LogP contribution in [0, 0.1) is 0 Å². The lowest BCUT2D eigenvalue weighted by atomic mass is 10.2. The molecule has 18 heavy (non-hydrogen) atoms. The van der Waals surface area contributed by atoms with Gasteiger partial charge in [0.1, 0.15) is 17.6 Å². The highest BCUT2D eigenvalue weighted by atomic mass is 16.5. The minimum atomic E-state index is -1.00. The zero-order valence-corrected chi connectivity index (χ0v) is 9.47. The third-order valence-electron chi connectivity index (χ3n) is 3.13. The lowest BCUT2D eigenvalue weighted by molar-refractivity contribution is -0.0495. The van der Waals surface area contributed by atoms with E-state index in [2.05, 4.69) is 15.3 Å². The van der Waals surface area contributed by atoms with Crippen LogP contribution in [0.3, 0.4) is 0 Å². The lowest BCUT2D eigenvalue weighted by Crippen LogP contribution is -2.22. The number of ether oxygens (including phenoxy) is 1. The molecule has 4 N–H and O–H groups in total. The number of hydrogen-bond donors (Lipinski definition) is 4. The Morgan fingerprint density at radius 2 is 2.33 bits per heavy atom. The molecule has 1 aromatic heterocycles. The quantitative estimate of drug-likeness (QED) is 0.537. The standard InChI is InChI=1S/C10H14N4O4/c15-2-5-1-6(16)10(18-5)14-4-13-7-8(14)11-3-12-9(7)17/h3-6,9-10,15-17H,1-2H2,(H,11,12)/t5-,6?,9+,10+/m0/s1. The highest BCUT2D eigenvalue weighted by Crippen LogP contribution is 2.34. The molecule has 0 spiro atoms. The van der Waals surface area contributed by atoms with Gasteiger partial charge in [0, 0.05) is 6.42 Å². The fourth-order valence-electron chi connectivity index (χ4n) is 2.24. The molecule has 0 bridgehead atoms. The number of aromatic nitrogens is 2. The molecule has 1 fully saturated rings. The van der Waals surface area contributed by atoms with Crippen LogP contribution < -0.4 is 5.32 Å². The van der Waals surface area contributed by atoms with Gasteiger partial charge in [-0.15, -0.1) is 0 Å². The smallest absolute Gasteiger partial charge is 0.193 e. The Kier molecular flexibility index (Phi) is 2.78. The Hall–Kier alpha value is -1.48. The van der Waals surface area contributed by atoms with Gasteiger partial charge in [-0.1, -0.05) is 0 Å². The number of fused-ring (bicyclic) bond motifs is 1. The number of nitrogens with zero attached hydrogens (tertiary/aromatic N) is 3. The summed E-state index contributed by atoms with van der Waals surface area (Å²) in [4.78, 5) is 7.81. The van der Waals surface area contributed by atoms with Crippen LogP contribution in [-0.4, -0.2) is 50.0 Å². The van der Waals surface area contributed by atoms with E-state index in [4.69, 9.17) is 9.84 Å². The van der Waals surface area contributed by atoms with E-state index in [1.807, 2.05) is 0 Å². The molecule has 3 heterocycles. The Morgan fingerprint density at radius 3 is 3.06 bits per heavy atom. The molecule has 1 unspecified atom stereocenters. The number of aliphatic hydroxyl groups excluding tert-OH is 3. The molecule has 0 saturated carbocycles. The SMILES string of the molecule is OC[C@@H]1CC(O)[C@H](n2cnc3c2NC=N[C@@H]3O)O1. The fraction of sp³-hybridized carbons (Fsp3) is 0.600. The van der Waals surface area contributed by atoms with Crippen LogP contribution >= 0.6 is 0 Å². The van der Waals surface area contributed by atoms with Crippen LogP contribution in [0.15, 0.2) is 11.3 Å². The number of imidazole rings is 1. The van der Waals surface area contributed by atoms with Crippen molar-refractivity contribution >= 4 is 12.2 Å². The number of rotatable bonds is 2. The van der Waals surface area contributed by atoms with E-state index >= 15 is 0 Å². The molecule has 2 aliphatic heterocycles.